The predicted molar refractivity (Wildman–Crippen MR) is 111 cm³/mol. The van der Waals surface area contributed by atoms with E-state index in [9.17, 15) is 0 Å². The molecular weight excluding hydrogens is 332 g/mol. The summed E-state index contributed by atoms with van der Waals surface area (Å²) in [5, 5.41) is 0. The number of benzene rings is 3. The van der Waals surface area contributed by atoms with E-state index in [2.05, 4.69) is 34.9 Å². The second-order valence-corrected chi connectivity index (χ2v) is 6.46. The van der Waals surface area contributed by atoms with Crippen molar-refractivity contribution in [2.45, 2.75) is 19.6 Å². The van der Waals surface area contributed by atoms with Crippen LogP contribution in [0.3, 0.4) is 0 Å². The lowest BCUT2D eigenvalue weighted by atomic mass is 10.2. The first kappa shape index (κ1) is 17.1. The van der Waals surface area contributed by atoms with Crippen LogP contribution in [-0.2, 0) is 6.54 Å². The first-order valence-corrected chi connectivity index (χ1v) is 9.20. The van der Waals surface area contributed by atoms with Gasteiger partial charge < -0.3 is 9.30 Å². The van der Waals surface area contributed by atoms with Gasteiger partial charge in [0.2, 0.25) is 0 Å². The minimum atomic E-state index is -0.148. The molecule has 0 bridgehead atoms. The standard InChI is InChI=1S/C24H22N2O/c1-19(27-21-14-6-3-7-15-21)24-25-22-16-8-9-17-23(22)26(24)18-10-13-20-11-4-2-5-12-20/h2-17,19H,18H2,1H3/b13-10+. The van der Waals surface area contributed by atoms with Gasteiger partial charge in [-0.2, -0.15) is 0 Å². The minimum absolute atomic E-state index is 0.148. The van der Waals surface area contributed by atoms with E-state index in [1.165, 1.54) is 5.56 Å². The Bertz CT molecular complexity index is 1040. The fraction of sp³-hybridized carbons (Fsp3) is 0.125. The number of rotatable bonds is 6. The molecule has 3 heteroatoms. The molecule has 0 saturated heterocycles. The molecule has 27 heavy (non-hydrogen) atoms. The van der Waals surface area contributed by atoms with E-state index >= 15 is 0 Å². The lowest BCUT2D eigenvalue weighted by molar-refractivity contribution is 0.212. The second-order valence-electron chi connectivity index (χ2n) is 6.46. The van der Waals surface area contributed by atoms with Crippen LogP contribution in [0.5, 0.6) is 5.75 Å². The van der Waals surface area contributed by atoms with Crippen LogP contribution >= 0.6 is 0 Å². The Morgan fingerprint density at radius 2 is 1.56 bits per heavy atom. The van der Waals surface area contributed by atoms with E-state index in [0.717, 1.165) is 29.2 Å². The Kier molecular flexibility index (Phi) is 5.01. The highest BCUT2D eigenvalue weighted by Crippen LogP contribution is 2.25. The van der Waals surface area contributed by atoms with Crippen LogP contribution in [0.2, 0.25) is 0 Å². The number of para-hydroxylation sites is 3. The van der Waals surface area contributed by atoms with Crippen molar-refractivity contribution in [3.63, 3.8) is 0 Å². The number of hydrogen-bond donors (Lipinski definition) is 0. The third-order valence-electron chi connectivity index (χ3n) is 4.50. The molecule has 0 aliphatic heterocycles. The molecule has 0 N–H and O–H groups in total. The van der Waals surface area contributed by atoms with E-state index in [1.54, 1.807) is 0 Å². The van der Waals surface area contributed by atoms with Crippen LogP contribution < -0.4 is 4.74 Å². The maximum Gasteiger partial charge on any atom is 0.153 e. The van der Waals surface area contributed by atoms with Crippen LogP contribution in [0.1, 0.15) is 24.4 Å². The number of nitrogens with zero attached hydrogens (tertiary/aromatic N) is 2. The quantitative estimate of drug-likeness (QED) is 0.432. The number of hydrogen-bond acceptors (Lipinski definition) is 2. The molecule has 0 saturated carbocycles. The molecule has 0 fully saturated rings. The minimum Gasteiger partial charge on any atom is -0.483 e. The zero-order chi connectivity index (χ0) is 18.5. The summed E-state index contributed by atoms with van der Waals surface area (Å²) in [5.41, 5.74) is 3.30. The van der Waals surface area contributed by atoms with Gasteiger partial charge in [0.25, 0.3) is 0 Å². The van der Waals surface area contributed by atoms with Crippen molar-refractivity contribution < 1.29 is 4.74 Å². The van der Waals surface area contributed by atoms with Gasteiger partial charge in [-0.05, 0) is 36.8 Å². The van der Waals surface area contributed by atoms with Gasteiger partial charge in [-0.15, -0.1) is 0 Å². The van der Waals surface area contributed by atoms with Crippen LogP contribution in [0.15, 0.2) is 91.0 Å². The summed E-state index contributed by atoms with van der Waals surface area (Å²) in [6, 6.07) is 28.4. The molecular formula is C24H22N2O. The van der Waals surface area contributed by atoms with Crippen molar-refractivity contribution in [1.29, 1.82) is 0 Å². The molecule has 0 aliphatic carbocycles. The fourth-order valence-corrected chi connectivity index (χ4v) is 3.21. The number of aromatic nitrogens is 2. The second kappa shape index (κ2) is 7.92. The highest BCUT2D eigenvalue weighted by molar-refractivity contribution is 5.76. The Balaban J connectivity index is 1.63. The van der Waals surface area contributed by atoms with E-state index in [4.69, 9.17) is 9.72 Å². The molecule has 1 unspecified atom stereocenters. The highest BCUT2D eigenvalue weighted by atomic mass is 16.5. The van der Waals surface area contributed by atoms with Gasteiger partial charge in [-0.25, -0.2) is 4.98 Å². The van der Waals surface area contributed by atoms with Gasteiger partial charge >= 0.3 is 0 Å². The molecule has 4 rings (SSSR count). The smallest absolute Gasteiger partial charge is 0.153 e. The Hall–Kier alpha value is -3.33. The zero-order valence-corrected chi connectivity index (χ0v) is 15.3. The van der Waals surface area contributed by atoms with Crippen molar-refractivity contribution in [2.24, 2.45) is 0 Å². The molecule has 0 aliphatic rings. The van der Waals surface area contributed by atoms with Gasteiger partial charge in [0.05, 0.1) is 11.0 Å². The summed E-state index contributed by atoms with van der Waals surface area (Å²) in [6.07, 6.45) is 4.16. The molecule has 0 spiro atoms. The molecule has 3 aromatic carbocycles. The van der Waals surface area contributed by atoms with Crippen LogP contribution in [0, 0.1) is 0 Å². The largest absolute Gasteiger partial charge is 0.483 e. The SMILES string of the molecule is CC(Oc1ccccc1)c1nc2ccccc2n1C/C=C/c1ccccc1. The average Bonchev–Trinajstić information content (AvgIpc) is 3.09. The maximum atomic E-state index is 6.13. The Morgan fingerprint density at radius 1 is 0.889 bits per heavy atom. The fourth-order valence-electron chi connectivity index (χ4n) is 3.21. The molecule has 1 heterocycles. The summed E-state index contributed by atoms with van der Waals surface area (Å²) < 4.78 is 8.35. The van der Waals surface area contributed by atoms with E-state index in [0.29, 0.717) is 0 Å². The topological polar surface area (TPSA) is 27.1 Å². The lowest BCUT2D eigenvalue weighted by Crippen LogP contribution is -2.11. The normalized spacial score (nSPS) is 12.5. The maximum absolute atomic E-state index is 6.13. The molecule has 0 amide bonds. The van der Waals surface area contributed by atoms with E-state index < -0.39 is 0 Å². The highest BCUT2D eigenvalue weighted by Gasteiger charge is 2.17. The molecule has 3 nitrogen and oxygen atoms in total. The van der Waals surface area contributed by atoms with Crippen LogP contribution in [0.25, 0.3) is 17.1 Å². The summed E-state index contributed by atoms with van der Waals surface area (Å²) in [6.45, 7) is 2.79. The van der Waals surface area contributed by atoms with E-state index in [1.807, 2.05) is 73.7 Å². The Morgan fingerprint density at radius 3 is 2.33 bits per heavy atom. The number of allylic oxidation sites excluding steroid dienone is 1. The average molecular weight is 354 g/mol. The summed E-state index contributed by atoms with van der Waals surface area (Å²) in [4.78, 5) is 4.84. The lowest BCUT2D eigenvalue weighted by Gasteiger charge is -2.16. The zero-order valence-electron chi connectivity index (χ0n) is 15.3. The van der Waals surface area contributed by atoms with Crippen LogP contribution in [-0.4, -0.2) is 9.55 Å². The monoisotopic (exact) mass is 354 g/mol. The van der Waals surface area contributed by atoms with Crippen molar-refractivity contribution >= 4 is 17.1 Å². The van der Waals surface area contributed by atoms with Gasteiger partial charge in [0, 0.05) is 6.54 Å². The van der Waals surface area contributed by atoms with Gasteiger partial charge in [0.15, 0.2) is 11.9 Å². The van der Waals surface area contributed by atoms with Crippen molar-refractivity contribution in [2.75, 3.05) is 0 Å². The van der Waals surface area contributed by atoms with Crippen molar-refractivity contribution in [1.82, 2.24) is 9.55 Å². The molecule has 1 aromatic heterocycles. The van der Waals surface area contributed by atoms with Crippen molar-refractivity contribution in [3.8, 4) is 5.75 Å². The Labute approximate surface area is 159 Å². The van der Waals surface area contributed by atoms with Crippen molar-refractivity contribution in [3.05, 3.63) is 102 Å². The number of imidazole rings is 1. The summed E-state index contributed by atoms with van der Waals surface area (Å²) in [7, 11) is 0. The molecule has 0 radical (unpaired) electrons. The summed E-state index contributed by atoms with van der Waals surface area (Å²) in [5.74, 6) is 1.78. The third-order valence-corrected chi connectivity index (χ3v) is 4.50. The van der Waals surface area contributed by atoms with Gasteiger partial charge in [-0.1, -0.05) is 72.8 Å². The van der Waals surface area contributed by atoms with Gasteiger partial charge in [0.1, 0.15) is 5.75 Å². The predicted octanol–water partition coefficient (Wildman–Crippen LogP) is 5.89. The first-order valence-electron chi connectivity index (χ1n) is 9.20. The van der Waals surface area contributed by atoms with Gasteiger partial charge in [-0.3, -0.25) is 0 Å². The number of ether oxygens (including phenoxy) is 1. The molecule has 4 aromatic rings. The summed E-state index contributed by atoms with van der Waals surface area (Å²) >= 11 is 0. The molecule has 134 valence electrons. The third kappa shape index (κ3) is 3.93. The number of fused-ring (bicyclic) bond motifs is 1. The first-order chi connectivity index (χ1) is 13.3. The van der Waals surface area contributed by atoms with Crippen LogP contribution in [0.4, 0.5) is 0 Å². The van der Waals surface area contributed by atoms with E-state index in [-0.39, 0.29) is 6.10 Å². The molecule has 1 atom stereocenters.